The zero-order valence-electron chi connectivity index (χ0n) is 15.0. The highest BCUT2D eigenvalue weighted by Gasteiger charge is 2.36. The summed E-state index contributed by atoms with van der Waals surface area (Å²) in [5.41, 5.74) is 1.05. The predicted molar refractivity (Wildman–Crippen MR) is 105 cm³/mol. The molecule has 4 rings (SSSR count). The number of halogens is 5. The van der Waals surface area contributed by atoms with Crippen molar-refractivity contribution in [1.82, 2.24) is 25.3 Å². The molecular weight excluding hydrogens is 448 g/mol. The van der Waals surface area contributed by atoms with Gasteiger partial charge < -0.3 is 15.2 Å². The van der Waals surface area contributed by atoms with E-state index in [1.54, 1.807) is 12.3 Å². The lowest BCUT2D eigenvalue weighted by molar-refractivity contribution is -0.138. The molecule has 30 heavy (non-hydrogen) atoms. The number of thioether (sulfide) groups is 1. The number of aromatic nitrogens is 4. The van der Waals surface area contributed by atoms with Crippen molar-refractivity contribution >= 4 is 46.1 Å². The molecule has 7 nitrogen and oxygen atoms in total. The van der Waals surface area contributed by atoms with E-state index >= 15 is 0 Å². The number of pyridine rings is 1. The van der Waals surface area contributed by atoms with Gasteiger partial charge in [-0.3, -0.25) is 4.79 Å². The van der Waals surface area contributed by atoms with Crippen LogP contribution in [0.2, 0.25) is 5.02 Å². The molecule has 2 N–H and O–H groups in total. The molecule has 3 aromatic heterocycles. The first-order valence-electron chi connectivity index (χ1n) is 8.57. The number of nitrogens with one attached hydrogen (secondary N) is 2. The molecule has 0 radical (unpaired) electrons. The highest BCUT2D eigenvalue weighted by Crippen LogP contribution is 2.32. The third kappa shape index (κ3) is 4.15. The molecule has 0 bridgehead atoms. The van der Waals surface area contributed by atoms with Crippen LogP contribution >= 0.6 is 23.4 Å². The van der Waals surface area contributed by atoms with E-state index in [0.717, 1.165) is 6.20 Å². The number of alkyl halides is 3. The van der Waals surface area contributed by atoms with Gasteiger partial charge in [-0.15, -0.1) is 11.8 Å². The molecule has 1 aliphatic heterocycles. The normalized spacial score (nSPS) is 17.0. The summed E-state index contributed by atoms with van der Waals surface area (Å²) in [5.74, 6) is -1.24. The first-order chi connectivity index (χ1) is 14.2. The van der Waals surface area contributed by atoms with Gasteiger partial charge in [0.2, 0.25) is 5.91 Å². The van der Waals surface area contributed by atoms with Crippen molar-refractivity contribution in [2.45, 2.75) is 12.2 Å². The van der Waals surface area contributed by atoms with Crippen molar-refractivity contribution in [3.8, 4) is 11.4 Å². The molecule has 1 saturated heterocycles. The minimum atomic E-state index is -4.54. The van der Waals surface area contributed by atoms with Crippen LogP contribution in [0.15, 0.2) is 24.7 Å². The zero-order valence-corrected chi connectivity index (χ0v) is 16.6. The average molecular weight is 461 g/mol. The second-order valence-corrected chi connectivity index (χ2v) is 7.87. The quantitative estimate of drug-likeness (QED) is 0.581. The summed E-state index contributed by atoms with van der Waals surface area (Å²) in [4.78, 5) is 28.9. The summed E-state index contributed by atoms with van der Waals surface area (Å²) in [6.45, 7) is -1.46. The summed E-state index contributed by atoms with van der Waals surface area (Å²) in [6.07, 6.45) is -0.518. The molecular formula is C17H13ClF4N6OS. The Labute approximate surface area is 176 Å². The Kier molecular flexibility index (Phi) is 5.45. The van der Waals surface area contributed by atoms with E-state index in [1.165, 1.54) is 22.9 Å². The monoisotopic (exact) mass is 460 g/mol. The highest BCUT2D eigenvalue weighted by atomic mass is 35.5. The number of aromatic amines is 1. The summed E-state index contributed by atoms with van der Waals surface area (Å²) in [7, 11) is 0. The van der Waals surface area contributed by atoms with E-state index in [9.17, 15) is 22.4 Å². The van der Waals surface area contributed by atoms with Crippen molar-refractivity contribution in [2.75, 3.05) is 23.1 Å². The fourth-order valence-corrected chi connectivity index (χ4v) is 4.34. The Morgan fingerprint density at radius 3 is 2.93 bits per heavy atom. The van der Waals surface area contributed by atoms with Crippen molar-refractivity contribution in [3.05, 3.63) is 35.5 Å². The van der Waals surface area contributed by atoms with Crippen LogP contribution in [0, 0.1) is 5.82 Å². The maximum atomic E-state index is 14.5. The zero-order chi connectivity index (χ0) is 21.5. The average Bonchev–Trinajstić information content (AvgIpc) is 3.33. The molecule has 0 aliphatic carbocycles. The van der Waals surface area contributed by atoms with Crippen LogP contribution in [0.5, 0.6) is 0 Å². The lowest BCUT2D eigenvalue weighted by Gasteiger charge is -2.24. The number of H-pyrrole nitrogens is 1. The topological polar surface area (TPSA) is 86.8 Å². The van der Waals surface area contributed by atoms with Crippen LogP contribution in [0.1, 0.15) is 0 Å². The van der Waals surface area contributed by atoms with Gasteiger partial charge in [0.05, 0.1) is 17.1 Å². The summed E-state index contributed by atoms with van der Waals surface area (Å²) in [6, 6.07) is 0.662. The number of anilines is 1. The largest absolute Gasteiger partial charge is 0.405 e. The number of carbonyl (C=O) groups excluding carboxylic acids is 1. The molecule has 0 saturated carbocycles. The van der Waals surface area contributed by atoms with Crippen LogP contribution in [-0.2, 0) is 4.79 Å². The van der Waals surface area contributed by atoms with E-state index in [0.29, 0.717) is 21.6 Å². The summed E-state index contributed by atoms with van der Waals surface area (Å²) < 4.78 is 51.8. The van der Waals surface area contributed by atoms with Gasteiger partial charge >= 0.3 is 6.18 Å². The first kappa shape index (κ1) is 20.7. The lowest BCUT2D eigenvalue weighted by Crippen LogP contribution is -2.47. The van der Waals surface area contributed by atoms with Crippen LogP contribution in [0.4, 0.5) is 23.4 Å². The number of nitrogens with zero attached hydrogens (tertiary/aromatic N) is 4. The van der Waals surface area contributed by atoms with Crippen LogP contribution < -0.4 is 10.2 Å². The Balaban J connectivity index is 1.66. The second kappa shape index (κ2) is 7.91. The minimum Gasteiger partial charge on any atom is -0.345 e. The van der Waals surface area contributed by atoms with Gasteiger partial charge in [0.25, 0.3) is 0 Å². The third-order valence-corrected chi connectivity index (χ3v) is 5.60. The summed E-state index contributed by atoms with van der Waals surface area (Å²) >= 11 is 7.28. The van der Waals surface area contributed by atoms with Gasteiger partial charge in [-0.05, 0) is 6.07 Å². The number of rotatable bonds is 4. The van der Waals surface area contributed by atoms with E-state index in [2.05, 4.69) is 19.9 Å². The van der Waals surface area contributed by atoms with Crippen LogP contribution in [0.25, 0.3) is 22.4 Å². The number of carbonyl (C=O) groups is 1. The maximum Gasteiger partial charge on any atom is 0.405 e. The van der Waals surface area contributed by atoms with Gasteiger partial charge in [-0.2, -0.15) is 13.2 Å². The number of amides is 1. The van der Waals surface area contributed by atoms with Gasteiger partial charge in [-0.25, -0.2) is 19.3 Å². The standard InChI is InChI=1S/C17H13ClF4N6OS/c18-8-1-9-10(3-24-13(9)23-2-8)14-25-4-11(19)15(27-14)28-7-30-5-12(28)16(29)26-6-17(20,21)22/h1-4,12H,5-7H2,(H,23,24)(H,26,29)/t12-/m1/s1. The minimum absolute atomic E-state index is 0.160. The fourth-order valence-electron chi connectivity index (χ4n) is 3.03. The molecule has 3 aromatic rings. The molecule has 158 valence electrons. The van der Waals surface area contributed by atoms with E-state index in [-0.39, 0.29) is 23.3 Å². The van der Waals surface area contributed by atoms with Crippen molar-refractivity contribution in [3.63, 3.8) is 0 Å². The maximum absolute atomic E-state index is 14.5. The first-order valence-corrected chi connectivity index (χ1v) is 10.1. The van der Waals surface area contributed by atoms with Gasteiger partial charge in [0.1, 0.15) is 18.2 Å². The van der Waals surface area contributed by atoms with E-state index < -0.39 is 30.5 Å². The molecule has 1 fully saturated rings. The third-order valence-electron chi connectivity index (χ3n) is 4.38. The van der Waals surface area contributed by atoms with E-state index in [4.69, 9.17) is 11.6 Å². The Morgan fingerprint density at radius 1 is 1.37 bits per heavy atom. The van der Waals surface area contributed by atoms with Crippen molar-refractivity contribution < 1.29 is 22.4 Å². The van der Waals surface area contributed by atoms with Crippen molar-refractivity contribution in [2.24, 2.45) is 0 Å². The van der Waals surface area contributed by atoms with Crippen LogP contribution in [0.3, 0.4) is 0 Å². The number of hydrogen-bond donors (Lipinski definition) is 2. The molecule has 1 aliphatic rings. The molecule has 4 heterocycles. The Bertz CT molecular complexity index is 1110. The van der Waals surface area contributed by atoms with Crippen molar-refractivity contribution in [1.29, 1.82) is 0 Å². The second-order valence-electron chi connectivity index (χ2n) is 6.44. The van der Waals surface area contributed by atoms with Gasteiger partial charge in [0.15, 0.2) is 17.5 Å². The van der Waals surface area contributed by atoms with E-state index in [1.807, 2.05) is 5.32 Å². The SMILES string of the molecule is O=C(NCC(F)(F)F)[C@H]1CSCN1c1nc(-c2c[nH]c3ncc(Cl)cc23)ncc1F. The van der Waals surface area contributed by atoms with Gasteiger partial charge in [0, 0.05) is 29.1 Å². The molecule has 1 amide bonds. The molecule has 0 spiro atoms. The van der Waals surface area contributed by atoms with Crippen LogP contribution in [-0.4, -0.2) is 56.2 Å². The molecule has 13 heteroatoms. The Hall–Kier alpha value is -2.60. The lowest BCUT2D eigenvalue weighted by atomic mass is 10.2. The smallest absolute Gasteiger partial charge is 0.345 e. The molecule has 1 atom stereocenters. The molecule has 0 unspecified atom stereocenters. The highest BCUT2D eigenvalue weighted by molar-refractivity contribution is 7.99. The number of fused-ring (bicyclic) bond motifs is 1. The number of hydrogen-bond acceptors (Lipinski definition) is 6. The summed E-state index contributed by atoms with van der Waals surface area (Å²) in [5, 5.41) is 2.86. The predicted octanol–water partition coefficient (Wildman–Crippen LogP) is 3.37. The van der Waals surface area contributed by atoms with Gasteiger partial charge in [-0.1, -0.05) is 11.6 Å². The fraction of sp³-hybridized carbons (Fsp3) is 0.294. The Morgan fingerprint density at radius 2 is 2.17 bits per heavy atom. The molecule has 0 aromatic carbocycles.